The lowest BCUT2D eigenvalue weighted by molar-refractivity contribution is -0.121. The van der Waals surface area contributed by atoms with E-state index in [0.29, 0.717) is 5.56 Å². The van der Waals surface area contributed by atoms with E-state index in [1.807, 2.05) is 49.4 Å². The molecule has 140 valence electrons. The number of hydrogen-bond acceptors (Lipinski definition) is 2. The summed E-state index contributed by atoms with van der Waals surface area (Å²) in [4.78, 5) is 12.3. The highest BCUT2D eigenvalue weighted by atomic mass is 19.2. The summed E-state index contributed by atoms with van der Waals surface area (Å²) in [7, 11) is 0. The topological polar surface area (TPSA) is 41.1 Å². The number of fused-ring (bicyclic) bond motifs is 1. The number of amides is 1. The molecule has 3 rings (SSSR count). The molecule has 1 amide bonds. The first-order chi connectivity index (χ1) is 13.0. The third-order valence-corrected chi connectivity index (χ3v) is 4.68. The first kappa shape index (κ1) is 19.0. The SMILES string of the molecule is C[C@@H](NCC(=O)N[C@H](C)c1cccc2ccccc12)c1ccc(F)c(F)c1. The molecule has 3 nitrogen and oxygen atoms in total. The van der Waals surface area contributed by atoms with Crippen molar-refractivity contribution in [3.63, 3.8) is 0 Å². The van der Waals surface area contributed by atoms with E-state index in [2.05, 4.69) is 10.6 Å². The summed E-state index contributed by atoms with van der Waals surface area (Å²) >= 11 is 0. The molecule has 27 heavy (non-hydrogen) atoms. The predicted octanol–water partition coefficient (Wildman–Crippen LogP) is 4.65. The molecule has 0 radical (unpaired) electrons. The van der Waals surface area contributed by atoms with Gasteiger partial charge in [0.25, 0.3) is 0 Å². The second kappa shape index (κ2) is 8.27. The van der Waals surface area contributed by atoms with Crippen molar-refractivity contribution in [2.75, 3.05) is 6.54 Å². The molecule has 5 heteroatoms. The zero-order valence-electron chi connectivity index (χ0n) is 15.3. The summed E-state index contributed by atoms with van der Waals surface area (Å²) in [5.74, 6) is -1.94. The molecule has 0 aliphatic carbocycles. The molecule has 0 saturated carbocycles. The monoisotopic (exact) mass is 368 g/mol. The Labute approximate surface area is 157 Å². The minimum atomic E-state index is -0.893. The molecule has 2 atom stereocenters. The number of halogens is 2. The number of carbonyl (C=O) groups is 1. The second-order valence-corrected chi connectivity index (χ2v) is 6.63. The van der Waals surface area contributed by atoms with Crippen molar-refractivity contribution in [1.82, 2.24) is 10.6 Å². The van der Waals surface area contributed by atoms with Gasteiger partial charge in [-0.15, -0.1) is 0 Å². The van der Waals surface area contributed by atoms with Crippen LogP contribution in [0.15, 0.2) is 60.7 Å². The third-order valence-electron chi connectivity index (χ3n) is 4.68. The largest absolute Gasteiger partial charge is 0.348 e. The van der Waals surface area contributed by atoms with Crippen LogP contribution in [0.3, 0.4) is 0 Å². The highest BCUT2D eigenvalue weighted by Gasteiger charge is 2.14. The lowest BCUT2D eigenvalue weighted by atomic mass is 10.00. The summed E-state index contributed by atoms with van der Waals surface area (Å²) in [5.41, 5.74) is 1.64. The van der Waals surface area contributed by atoms with E-state index in [9.17, 15) is 13.6 Å². The quantitative estimate of drug-likeness (QED) is 0.665. The zero-order valence-corrected chi connectivity index (χ0v) is 15.3. The van der Waals surface area contributed by atoms with Gasteiger partial charge in [-0.3, -0.25) is 4.79 Å². The number of hydrogen-bond donors (Lipinski definition) is 2. The van der Waals surface area contributed by atoms with Gasteiger partial charge < -0.3 is 10.6 Å². The van der Waals surface area contributed by atoms with Crippen molar-refractivity contribution in [3.05, 3.63) is 83.4 Å². The van der Waals surface area contributed by atoms with Gasteiger partial charge in [-0.25, -0.2) is 8.78 Å². The summed E-state index contributed by atoms with van der Waals surface area (Å²) in [6.07, 6.45) is 0. The Bertz CT molecular complexity index is 953. The molecule has 0 aliphatic rings. The van der Waals surface area contributed by atoms with Gasteiger partial charge in [0, 0.05) is 6.04 Å². The highest BCUT2D eigenvalue weighted by Crippen LogP contribution is 2.24. The summed E-state index contributed by atoms with van der Waals surface area (Å²) < 4.78 is 26.4. The first-order valence-corrected chi connectivity index (χ1v) is 8.91. The Morgan fingerprint density at radius 2 is 1.67 bits per heavy atom. The van der Waals surface area contributed by atoms with Crippen molar-refractivity contribution in [3.8, 4) is 0 Å². The first-order valence-electron chi connectivity index (χ1n) is 8.91. The summed E-state index contributed by atoms with van der Waals surface area (Å²) in [6.45, 7) is 3.82. The predicted molar refractivity (Wildman–Crippen MR) is 103 cm³/mol. The van der Waals surface area contributed by atoms with Gasteiger partial charge in [-0.1, -0.05) is 48.5 Å². The van der Waals surface area contributed by atoms with Crippen LogP contribution in [-0.4, -0.2) is 12.5 Å². The van der Waals surface area contributed by atoms with Gasteiger partial charge >= 0.3 is 0 Å². The Kier molecular flexibility index (Phi) is 5.81. The van der Waals surface area contributed by atoms with Crippen LogP contribution in [0.1, 0.15) is 37.1 Å². The van der Waals surface area contributed by atoms with Crippen LogP contribution in [0.2, 0.25) is 0 Å². The maximum Gasteiger partial charge on any atom is 0.234 e. The Hall–Kier alpha value is -2.79. The lowest BCUT2D eigenvalue weighted by Crippen LogP contribution is -2.36. The van der Waals surface area contributed by atoms with E-state index in [1.165, 1.54) is 6.07 Å². The summed E-state index contributed by atoms with van der Waals surface area (Å²) in [6, 6.07) is 17.4. The molecule has 2 N–H and O–H groups in total. The minimum Gasteiger partial charge on any atom is -0.348 e. The van der Waals surface area contributed by atoms with Crippen LogP contribution in [0.25, 0.3) is 10.8 Å². The molecular formula is C22H22F2N2O. The zero-order chi connectivity index (χ0) is 19.4. The van der Waals surface area contributed by atoms with E-state index in [0.717, 1.165) is 28.5 Å². The molecule has 0 aliphatic heterocycles. The third kappa shape index (κ3) is 4.49. The fourth-order valence-electron chi connectivity index (χ4n) is 3.14. The maximum absolute atomic E-state index is 13.3. The molecule has 0 aromatic heterocycles. The maximum atomic E-state index is 13.3. The molecule has 0 saturated heterocycles. The fourth-order valence-corrected chi connectivity index (χ4v) is 3.14. The average molecular weight is 368 g/mol. The molecule has 0 bridgehead atoms. The van der Waals surface area contributed by atoms with Crippen molar-refractivity contribution >= 4 is 16.7 Å². The van der Waals surface area contributed by atoms with E-state index in [1.54, 1.807) is 6.92 Å². The second-order valence-electron chi connectivity index (χ2n) is 6.63. The van der Waals surface area contributed by atoms with Gasteiger partial charge in [0.2, 0.25) is 5.91 Å². The minimum absolute atomic E-state index is 0.0786. The fraction of sp³-hybridized carbons (Fsp3) is 0.227. The van der Waals surface area contributed by atoms with Crippen LogP contribution in [0.4, 0.5) is 8.78 Å². The Balaban J connectivity index is 1.60. The van der Waals surface area contributed by atoms with Crippen molar-refractivity contribution < 1.29 is 13.6 Å². The molecule has 0 heterocycles. The van der Waals surface area contributed by atoms with Crippen molar-refractivity contribution in [2.24, 2.45) is 0 Å². The average Bonchev–Trinajstić information content (AvgIpc) is 2.67. The van der Waals surface area contributed by atoms with Gasteiger partial charge in [0.1, 0.15) is 0 Å². The van der Waals surface area contributed by atoms with Crippen LogP contribution in [0.5, 0.6) is 0 Å². The van der Waals surface area contributed by atoms with E-state index < -0.39 is 11.6 Å². The molecule has 0 spiro atoms. The van der Waals surface area contributed by atoms with Gasteiger partial charge in [0.15, 0.2) is 11.6 Å². The number of benzene rings is 3. The van der Waals surface area contributed by atoms with Crippen LogP contribution in [-0.2, 0) is 4.79 Å². The lowest BCUT2D eigenvalue weighted by Gasteiger charge is -2.18. The van der Waals surface area contributed by atoms with Gasteiger partial charge in [-0.05, 0) is 47.9 Å². The normalized spacial score (nSPS) is 13.3. The smallest absolute Gasteiger partial charge is 0.234 e. The van der Waals surface area contributed by atoms with Crippen LogP contribution < -0.4 is 10.6 Å². The standard InChI is InChI=1S/C22H22F2N2O/c1-14(17-10-11-20(23)21(24)12-17)25-13-22(27)26-15(2)18-9-5-7-16-6-3-4-8-19(16)18/h3-12,14-15,25H,13H2,1-2H3,(H,26,27)/t14-,15-/m1/s1. The van der Waals surface area contributed by atoms with Crippen LogP contribution in [0, 0.1) is 11.6 Å². The van der Waals surface area contributed by atoms with Crippen LogP contribution >= 0.6 is 0 Å². The Morgan fingerprint density at radius 3 is 2.44 bits per heavy atom. The molecule has 0 fully saturated rings. The molecular weight excluding hydrogens is 346 g/mol. The summed E-state index contributed by atoms with van der Waals surface area (Å²) in [5, 5.41) is 8.25. The number of rotatable bonds is 6. The van der Waals surface area contributed by atoms with E-state index in [4.69, 9.17) is 0 Å². The highest BCUT2D eigenvalue weighted by molar-refractivity contribution is 5.87. The van der Waals surface area contributed by atoms with Crippen molar-refractivity contribution in [2.45, 2.75) is 25.9 Å². The number of nitrogens with one attached hydrogen (secondary N) is 2. The number of carbonyl (C=O) groups excluding carboxylic acids is 1. The Morgan fingerprint density at radius 1 is 0.926 bits per heavy atom. The van der Waals surface area contributed by atoms with Gasteiger partial charge in [0.05, 0.1) is 12.6 Å². The molecule has 3 aromatic carbocycles. The van der Waals surface area contributed by atoms with Gasteiger partial charge in [-0.2, -0.15) is 0 Å². The van der Waals surface area contributed by atoms with E-state index >= 15 is 0 Å². The van der Waals surface area contributed by atoms with Crippen molar-refractivity contribution in [1.29, 1.82) is 0 Å². The molecule has 3 aromatic rings. The molecule has 0 unspecified atom stereocenters. The van der Waals surface area contributed by atoms with E-state index in [-0.39, 0.29) is 24.5 Å².